The molecule has 0 saturated carbocycles. The first-order chi connectivity index (χ1) is 12.5. The van der Waals surface area contributed by atoms with Gasteiger partial charge in [0.25, 0.3) is 0 Å². The second-order valence-corrected chi connectivity index (χ2v) is 6.67. The summed E-state index contributed by atoms with van der Waals surface area (Å²) < 4.78 is 0. The van der Waals surface area contributed by atoms with Crippen molar-refractivity contribution in [2.24, 2.45) is 0 Å². The molecule has 0 unspecified atom stereocenters. The molecule has 0 aliphatic carbocycles. The van der Waals surface area contributed by atoms with E-state index in [1.165, 1.54) is 4.90 Å². The van der Waals surface area contributed by atoms with Crippen LogP contribution in [0.2, 0.25) is 10.0 Å². The van der Waals surface area contributed by atoms with E-state index in [0.29, 0.717) is 21.6 Å². The maximum Gasteiger partial charge on any atom is 0.332 e. The van der Waals surface area contributed by atoms with Gasteiger partial charge in [0.1, 0.15) is 5.82 Å². The van der Waals surface area contributed by atoms with Crippen molar-refractivity contribution >= 4 is 46.4 Å². The Balaban J connectivity index is 1.98. The Morgan fingerprint density at radius 2 is 1.77 bits per heavy atom. The van der Waals surface area contributed by atoms with Gasteiger partial charge in [-0.15, -0.1) is 0 Å². The second kappa shape index (κ2) is 7.77. The van der Waals surface area contributed by atoms with Gasteiger partial charge in [-0.3, -0.25) is 0 Å². The molecule has 26 heavy (non-hydrogen) atoms. The number of benzene rings is 2. The van der Waals surface area contributed by atoms with Crippen molar-refractivity contribution in [1.29, 1.82) is 0 Å². The fourth-order valence-corrected chi connectivity index (χ4v) is 2.76. The van der Waals surface area contributed by atoms with Crippen molar-refractivity contribution in [1.82, 2.24) is 4.98 Å². The molecule has 3 rings (SSSR count). The number of rotatable bonds is 3. The van der Waals surface area contributed by atoms with Crippen LogP contribution in [0, 0.1) is 13.8 Å². The molecule has 4 nitrogen and oxygen atoms in total. The number of pyridine rings is 1. The summed E-state index contributed by atoms with van der Waals surface area (Å²) in [6, 6.07) is 15.9. The highest BCUT2D eigenvalue weighted by molar-refractivity contribution is 6.42. The molecule has 6 heteroatoms. The van der Waals surface area contributed by atoms with E-state index in [2.05, 4.69) is 10.3 Å². The van der Waals surface area contributed by atoms with Gasteiger partial charge in [0, 0.05) is 11.9 Å². The van der Waals surface area contributed by atoms with Gasteiger partial charge in [0.15, 0.2) is 0 Å². The molecule has 0 bridgehead atoms. The molecular formula is C20H17Cl2N3O. The number of halogens is 2. The second-order valence-electron chi connectivity index (χ2n) is 5.85. The fourth-order valence-electron chi connectivity index (χ4n) is 2.46. The van der Waals surface area contributed by atoms with Gasteiger partial charge < -0.3 is 5.32 Å². The molecule has 132 valence electrons. The van der Waals surface area contributed by atoms with Gasteiger partial charge in [-0.25, -0.2) is 14.7 Å². The van der Waals surface area contributed by atoms with Crippen LogP contribution < -0.4 is 10.2 Å². The van der Waals surface area contributed by atoms with Gasteiger partial charge in [0.2, 0.25) is 0 Å². The van der Waals surface area contributed by atoms with E-state index in [9.17, 15) is 4.79 Å². The Morgan fingerprint density at radius 1 is 0.962 bits per heavy atom. The van der Waals surface area contributed by atoms with Gasteiger partial charge in [-0.1, -0.05) is 35.3 Å². The van der Waals surface area contributed by atoms with Crippen LogP contribution in [0.3, 0.4) is 0 Å². The molecule has 1 heterocycles. The highest BCUT2D eigenvalue weighted by Crippen LogP contribution is 2.28. The van der Waals surface area contributed by atoms with E-state index in [4.69, 9.17) is 23.2 Å². The minimum Gasteiger partial charge on any atom is -0.307 e. The molecule has 2 amide bonds. The van der Waals surface area contributed by atoms with Crippen molar-refractivity contribution in [2.45, 2.75) is 13.8 Å². The first-order valence-electron chi connectivity index (χ1n) is 8.00. The van der Waals surface area contributed by atoms with E-state index in [1.54, 1.807) is 36.5 Å². The largest absolute Gasteiger partial charge is 0.332 e. The van der Waals surface area contributed by atoms with Gasteiger partial charge >= 0.3 is 6.03 Å². The molecule has 0 fully saturated rings. The summed E-state index contributed by atoms with van der Waals surface area (Å²) in [7, 11) is 0. The third-order valence-electron chi connectivity index (χ3n) is 4.00. The molecule has 0 radical (unpaired) electrons. The molecule has 0 aliphatic heterocycles. The quantitative estimate of drug-likeness (QED) is 0.568. The Hall–Kier alpha value is -2.56. The first kappa shape index (κ1) is 18.2. The number of hydrogen-bond acceptors (Lipinski definition) is 2. The molecule has 0 saturated heterocycles. The number of amides is 2. The molecule has 0 atom stereocenters. The lowest BCUT2D eigenvalue weighted by Crippen LogP contribution is -2.31. The van der Waals surface area contributed by atoms with E-state index in [-0.39, 0.29) is 6.03 Å². The number of carbonyl (C=O) groups excluding carboxylic acids is 1. The number of urea groups is 1. The number of nitrogens with one attached hydrogen (secondary N) is 1. The molecular weight excluding hydrogens is 369 g/mol. The smallest absolute Gasteiger partial charge is 0.307 e. The molecule has 0 aliphatic rings. The number of hydrogen-bond donors (Lipinski definition) is 1. The minimum absolute atomic E-state index is 0.342. The summed E-state index contributed by atoms with van der Waals surface area (Å²) in [4.78, 5) is 18.8. The van der Waals surface area contributed by atoms with Crippen molar-refractivity contribution in [3.63, 3.8) is 0 Å². The monoisotopic (exact) mass is 385 g/mol. The normalized spacial score (nSPS) is 10.5. The van der Waals surface area contributed by atoms with Crippen LogP contribution in [0.1, 0.15) is 11.1 Å². The zero-order valence-electron chi connectivity index (χ0n) is 14.3. The highest BCUT2D eigenvalue weighted by Gasteiger charge is 2.20. The number of nitrogens with zero attached hydrogens (tertiary/aromatic N) is 2. The lowest BCUT2D eigenvalue weighted by atomic mass is 10.1. The van der Waals surface area contributed by atoms with Gasteiger partial charge in [0.05, 0.1) is 15.7 Å². The third-order valence-corrected chi connectivity index (χ3v) is 4.74. The molecule has 2 aromatic carbocycles. The van der Waals surface area contributed by atoms with Crippen molar-refractivity contribution in [3.05, 3.63) is 82.0 Å². The van der Waals surface area contributed by atoms with Gasteiger partial charge in [-0.05, 0) is 67.4 Å². The van der Waals surface area contributed by atoms with Crippen LogP contribution in [0.5, 0.6) is 0 Å². The van der Waals surface area contributed by atoms with Gasteiger partial charge in [-0.2, -0.15) is 0 Å². The van der Waals surface area contributed by atoms with Crippen LogP contribution >= 0.6 is 23.2 Å². The predicted octanol–water partition coefficient (Wildman–Crippen LogP) is 6.38. The molecule has 3 aromatic rings. The fraction of sp³-hybridized carbons (Fsp3) is 0.100. The third kappa shape index (κ3) is 3.98. The zero-order chi connectivity index (χ0) is 18.7. The van der Waals surface area contributed by atoms with E-state index in [1.807, 2.05) is 38.1 Å². The van der Waals surface area contributed by atoms with Crippen LogP contribution in [0.15, 0.2) is 60.8 Å². The number of anilines is 3. The van der Waals surface area contributed by atoms with Crippen LogP contribution in [0.4, 0.5) is 22.0 Å². The topological polar surface area (TPSA) is 45.2 Å². The number of aromatic nitrogens is 1. The van der Waals surface area contributed by atoms with E-state index >= 15 is 0 Å². The molecule has 1 aromatic heterocycles. The molecule has 0 spiro atoms. The van der Waals surface area contributed by atoms with E-state index in [0.717, 1.165) is 16.8 Å². The summed E-state index contributed by atoms with van der Waals surface area (Å²) in [5.41, 5.74) is 3.52. The summed E-state index contributed by atoms with van der Waals surface area (Å²) in [6.07, 6.45) is 1.65. The average Bonchev–Trinajstić information content (AvgIpc) is 2.62. The first-order valence-corrected chi connectivity index (χ1v) is 8.76. The van der Waals surface area contributed by atoms with Crippen molar-refractivity contribution in [3.8, 4) is 0 Å². The maximum atomic E-state index is 13.0. The highest BCUT2D eigenvalue weighted by atomic mass is 35.5. The molecule has 1 N–H and O–H groups in total. The lowest BCUT2D eigenvalue weighted by Gasteiger charge is -2.23. The summed E-state index contributed by atoms with van der Waals surface area (Å²) in [5.74, 6) is 0.522. The Bertz CT molecular complexity index is 945. The number of carbonyl (C=O) groups is 1. The van der Waals surface area contributed by atoms with Crippen LogP contribution in [-0.2, 0) is 0 Å². The summed E-state index contributed by atoms with van der Waals surface area (Å²) in [5, 5.41) is 3.65. The minimum atomic E-state index is -0.342. The predicted molar refractivity (Wildman–Crippen MR) is 108 cm³/mol. The SMILES string of the molecule is Cc1ccc(N(C(=O)Nc2ccc(Cl)c(Cl)c2)c2ccccn2)cc1C. The standard InChI is InChI=1S/C20H17Cl2N3O/c1-13-6-8-16(11-14(13)2)25(19-5-3-4-10-23-19)20(26)24-15-7-9-17(21)18(22)12-15/h3-12H,1-2H3,(H,24,26). The zero-order valence-corrected chi connectivity index (χ0v) is 15.8. The Labute approximate surface area is 162 Å². The average molecular weight is 386 g/mol. The van der Waals surface area contributed by atoms with E-state index < -0.39 is 0 Å². The Kier molecular flexibility index (Phi) is 5.45. The summed E-state index contributed by atoms with van der Waals surface area (Å²) in [6.45, 7) is 4.03. The lowest BCUT2D eigenvalue weighted by molar-refractivity contribution is 0.259. The van der Waals surface area contributed by atoms with Crippen molar-refractivity contribution in [2.75, 3.05) is 10.2 Å². The van der Waals surface area contributed by atoms with Crippen LogP contribution in [0.25, 0.3) is 0 Å². The Morgan fingerprint density at radius 3 is 2.42 bits per heavy atom. The number of aryl methyl sites for hydroxylation is 2. The van der Waals surface area contributed by atoms with Crippen molar-refractivity contribution < 1.29 is 4.79 Å². The summed E-state index contributed by atoms with van der Waals surface area (Å²) >= 11 is 12.0. The van der Waals surface area contributed by atoms with Crippen LogP contribution in [-0.4, -0.2) is 11.0 Å². The maximum absolute atomic E-state index is 13.0.